The molecule has 5 heteroatoms. The topological polar surface area (TPSA) is 66.4 Å². The molecule has 0 fully saturated rings. The zero-order valence-corrected chi connectivity index (χ0v) is 11.8. The first-order chi connectivity index (χ1) is 8.90. The summed E-state index contributed by atoms with van der Waals surface area (Å²) in [5, 5.41) is 12.4. The molecule has 0 aliphatic carbocycles. The van der Waals surface area contributed by atoms with E-state index in [1.54, 1.807) is 24.3 Å². The summed E-state index contributed by atoms with van der Waals surface area (Å²) >= 11 is 5.76. The summed E-state index contributed by atoms with van der Waals surface area (Å²) in [5.74, 6) is -0.877. The van der Waals surface area contributed by atoms with E-state index in [0.717, 1.165) is 0 Å². The predicted molar refractivity (Wildman–Crippen MR) is 74.7 cm³/mol. The maximum atomic E-state index is 12.2. The van der Waals surface area contributed by atoms with Gasteiger partial charge in [-0.1, -0.05) is 25.4 Å². The molecule has 1 aromatic carbocycles. The Morgan fingerprint density at radius 3 is 2.32 bits per heavy atom. The molecule has 0 saturated carbocycles. The lowest BCUT2D eigenvalue weighted by atomic mass is 10.0. The summed E-state index contributed by atoms with van der Waals surface area (Å²) in [7, 11) is 0. The van der Waals surface area contributed by atoms with Crippen LogP contribution in [-0.4, -0.2) is 29.4 Å². The summed E-state index contributed by atoms with van der Waals surface area (Å²) in [6.07, 6.45) is -0.228. The fourth-order valence-electron chi connectivity index (χ4n) is 1.63. The second-order valence-corrected chi connectivity index (χ2v) is 5.26. The molecule has 0 heterocycles. The fourth-order valence-corrected chi connectivity index (χ4v) is 1.75. The van der Waals surface area contributed by atoms with Crippen LogP contribution >= 0.6 is 11.6 Å². The third kappa shape index (κ3) is 5.41. The van der Waals surface area contributed by atoms with Gasteiger partial charge in [-0.2, -0.15) is 0 Å². The Morgan fingerprint density at radius 2 is 1.84 bits per heavy atom. The van der Waals surface area contributed by atoms with Gasteiger partial charge < -0.3 is 10.4 Å². The number of ketones is 1. The van der Waals surface area contributed by atoms with Gasteiger partial charge in [0.1, 0.15) is 0 Å². The van der Waals surface area contributed by atoms with Crippen LogP contribution in [0.25, 0.3) is 0 Å². The molecule has 0 amide bonds. The molecule has 19 heavy (non-hydrogen) atoms. The van der Waals surface area contributed by atoms with Crippen molar-refractivity contribution >= 4 is 23.4 Å². The van der Waals surface area contributed by atoms with Crippen molar-refractivity contribution in [2.75, 3.05) is 6.54 Å². The zero-order valence-electron chi connectivity index (χ0n) is 11.0. The van der Waals surface area contributed by atoms with Crippen molar-refractivity contribution in [3.8, 4) is 0 Å². The fraction of sp³-hybridized carbons (Fsp3) is 0.429. The highest BCUT2D eigenvalue weighted by molar-refractivity contribution is 6.30. The van der Waals surface area contributed by atoms with Crippen molar-refractivity contribution in [3.63, 3.8) is 0 Å². The van der Waals surface area contributed by atoms with E-state index in [-0.39, 0.29) is 12.2 Å². The minimum Gasteiger partial charge on any atom is -0.481 e. The number of nitrogens with one attached hydrogen (secondary N) is 1. The second kappa shape index (κ2) is 7.26. The largest absolute Gasteiger partial charge is 0.481 e. The van der Waals surface area contributed by atoms with E-state index in [0.29, 0.717) is 23.0 Å². The Hall–Kier alpha value is -1.39. The maximum absolute atomic E-state index is 12.2. The molecule has 0 radical (unpaired) electrons. The van der Waals surface area contributed by atoms with Crippen molar-refractivity contribution in [1.29, 1.82) is 0 Å². The van der Waals surface area contributed by atoms with E-state index < -0.39 is 12.0 Å². The third-order valence-corrected chi connectivity index (χ3v) is 2.85. The average Bonchev–Trinajstić information content (AvgIpc) is 2.34. The lowest BCUT2D eigenvalue weighted by molar-refractivity contribution is -0.137. The van der Waals surface area contributed by atoms with E-state index in [4.69, 9.17) is 16.7 Å². The molecule has 0 spiro atoms. The van der Waals surface area contributed by atoms with Crippen LogP contribution in [-0.2, 0) is 4.79 Å². The molecule has 2 N–H and O–H groups in total. The van der Waals surface area contributed by atoms with Crippen molar-refractivity contribution < 1.29 is 14.7 Å². The van der Waals surface area contributed by atoms with E-state index in [1.807, 2.05) is 13.8 Å². The first-order valence-corrected chi connectivity index (χ1v) is 6.53. The van der Waals surface area contributed by atoms with Gasteiger partial charge in [0, 0.05) is 10.6 Å². The lowest BCUT2D eigenvalue weighted by Gasteiger charge is -2.17. The van der Waals surface area contributed by atoms with Crippen molar-refractivity contribution in [3.05, 3.63) is 34.9 Å². The van der Waals surface area contributed by atoms with Gasteiger partial charge >= 0.3 is 5.97 Å². The number of aliphatic carboxylic acids is 1. The predicted octanol–water partition coefficient (Wildman–Crippen LogP) is 2.61. The third-order valence-electron chi connectivity index (χ3n) is 2.60. The van der Waals surface area contributed by atoms with Gasteiger partial charge in [0.25, 0.3) is 0 Å². The van der Waals surface area contributed by atoms with Crippen LogP contribution in [0.3, 0.4) is 0 Å². The van der Waals surface area contributed by atoms with E-state index in [9.17, 15) is 9.59 Å². The Kier molecular flexibility index (Phi) is 5.99. The Morgan fingerprint density at radius 1 is 1.26 bits per heavy atom. The van der Waals surface area contributed by atoms with E-state index >= 15 is 0 Å². The Bertz CT molecular complexity index is 443. The number of halogens is 1. The molecule has 1 rings (SSSR count). The normalized spacial score (nSPS) is 12.4. The molecule has 1 unspecified atom stereocenters. The molecule has 4 nitrogen and oxygen atoms in total. The standard InChI is InChI=1S/C14H18ClNO3/c1-9(2)8-16-12(7-13(17)18)14(19)10-3-5-11(15)6-4-10/h3-6,9,12,16H,7-8H2,1-2H3,(H,17,18). The molecular formula is C14H18ClNO3. The molecular weight excluding hydrogens is 266 g/mol. The molecule has 1 atom stereocenters. The number of rotatable bonds is 7. The van der Waals surface area contributed by atoms with Crippen LogP contribution in [0.5, 0.6) is 0 Å². The average molecular weight is 284 g/mol. The van der Waals surface area contributed by atoms with Crippen LogP contribution in [0, 0.1) is 5.92 Å². The van der Waals surface area contributed by atoms with E-state index in [2.05, 4.69) is 5.32 Å². The second-order valence-electron chi connectivity index (χ2n) is 4.82. The first-order valence-electron chi connectivity index (χ1n) is 6.15. The van der Waals surface area contributed by atoms with Gasteiger partial charge in [-0.15, -0.1) is 0 Å². The smallest absolute Gasteiger partial charge is 0.305 e. The van der Waals surface area contributed by atoms with E-state index in [1.165, 1.54) is 0 Å². The van der Waals surface area contributed by atoms with Gasteiger partial charge in [0.2, 0.25) is 0 Å². The summed E-state index contributed by atoms with van der Waals surface area (Å²) < 4.78 is 0. The number of carboxylic acids is 1. The van der Waals surface area contributed by atoms with Crippen LogP contribution < -0.4 is 5.32 Å². The summed E-state index contributed by atoms with van der Waals surface area (Å²) in [6.45, 7) is 4.59. The minimum atomic E-state index is -0.997. The van der Waals surface area contributed by atoms with Crippen molar-refractivity contribution in [1.82, 2.24) is 5.32 Å². The maximum Gasteiger partial charge on any atom is 0.305 e. The van der Waals surface area contributed by atoms with Crippen LogP contribution in [0.15, 0.2) is 24.3 Å². The highest BCUT2D eigenvalue weighted by atomic mass is 35.5. The van der Waals surface area contributed by atoms with Gasteiger partial charge in [-0.25, -0.2) is 0 Å². The zero-order chi connectivity index (χ0) is 14.4. The number of carbonyl (C=O) groups is 2. The number of carboxylic acid groups (broad SMARTS) is 1. The highest BCUT2D eigenvalue weighted by Crippen LogP contribution is 2.12. The van der Waals surface area contributed by atoms with Gasteiger partial charge in [-0.05, 0) is 36.7 Å². The van der Waals surface area contributed by atoms with Gasteiger partial charge in [0.05, 0.1) is 12.5 Å². The summed E-state index contributed by atoms with van der Waals surface area (Å²) in [4.78, 5) is 23.1. The number of carbonyl (C=O) groups excluding carboxylic acids is 1. The van der Waals surface area contributed by atoms with Crippen LogP contribution in [0.4, 0.5) is 0 Å². The van der Waals surface area contributed by atoms with Crippen LogP contribution in [0.1, 0.15) is 30.6 Å². The summed E-state index contributed by atoms with van der Waals surface area (Å²) in [6, 6.07) is 5.75. The van der Waals surface area contributed by atoms with Crippen molar-refractivity contribution in [2.45, 2.75) is 26.3 Å². The molecule has 0 aromatic heterocycles. The molecule has 0 saturated heterocycles. The minimum absolute atomic E-state index is 0.222. The quantitative estimate of drug-likeness (QED) is 0.755. The number of hydrogen-bond acceptors (Lipinski definition) is 3. The SMILES string of the molecule is CC(C)CNC(CC(=O)O)C(=O)c1ccc(Cl)cc1. The van der Waals surface area contributed by atoms with Crippen molar-refractivity contribution in [2.24, 2.45) is 5.92 Å². The lowest BCUT2D eigenvalue weighted by Crippen LogP contribution is -2.40. The molecule has 0 aliphatic heterocycles. The number of Topliss-reactive ketones (excluding diaryl/α,β-unsaturated/α-hetero) is 1. The summed E-state index contributed by atoms with van der Waals surface area (Å²) in [5.41, 5.74) is 0.465. The number of benzene rings is 1. The molecule has 0 bridgehead atoms. The Labute approximate surface area is 117 Å². The monoisotopic (exact) mass is 283 g/mol. The number of hydrogen-bond donors (Lipinski definition) is 2. The first kappa shape index (κ1) is 15.7. The molecule has 104 valence electrons. The Balaban J connectivity index is 2.80. The van der Waals surface area contributed by atoms with Crippen LogP contribution in [0.2, 0.25) is 5.02 Å². The molecule has 0 aliphatic rings. The van der Waals surface area contributed by atoms with Gasteiger partial charge in [-0.3, -0.25) is 9.59 Å². The molecule has 1 aromatic rings. The van der Waals surface area contributed by atoms with Gasteiger partial charge in [0.15, 0.2) is 5.78 Å². The highest BCUT2D eigenvalue weighted by Gasteiger charge is 2.22.